The van der Waals surface area contributed by atoms with Gasteiger partial charge in [-0.1, -0.05) is 0 Å². The van der Waals surface area contributed by atoms with Crippen molar-refractivity contribution < 1.29 is 45.4 Å². The molecule has 2 aliphatic rings. The third-order valence-electron chi connectivity index (χ3n) is 6.09. The molecule has 35 heavy (non-hydrogen) atoms. The zero-order valence-electron chi connectivity index (χ0n) is 18.4. The van der Waals surface area contributed by atoms with Crippen LogP contribution in [0.15, 0.2) is 41.3 Å². The molecule has 1 aliphatic heterocycles. The standard InChI is InChI=1S/C23H23F4NO6S/c24-20-12-21(18(15-1-2-15)11-19(20)22(29)30)33-13-14-7-9-28(10-8-14)35(31,32)17-5-3-16(4-6-17)34-23(25,26)27/h3-6,11-12,14-15H,1-2,7-10,13H2,(H,29,30). The Balaban J connectivity index is 1.35. The van der Waals surface area contributed by atoms with E-state index in [0.29, 0.717) is 24.2 Å². The second-order valence-corrected chi connectivity index (χ2v) is 10.6. The molecule has 0 atom stereocenters. The van der Waals surface area contributed by atoms with E-state index in [1.165, 1.54) is 10.4 Å². The van der Waals surface area contributed by atoms with Gasteiger partial charge in [-0.2, -0.15) is 4.31 Å². The quantitative estimate of drug-likeness (QED) is 0.507. The Morgan fingerprint density at radius 1 is 1.06 bits per heavy atom. The molecule has 2 fully saturated rings. The lowest BCUT2D eigenvalue weighted by molar-refractivity contribution is -0.274. The topological polar surface area (TPSA) is 93.1 Å². The highest BCUT2D eigenvalue weighted by atomic mass is 32.2. The van der Waals surface area contributed by atoms with Crippen molar-refractivity contribution in [3.8, 4) is 11.5 Å². The molecule has 7 nitrogen and oxygen atoms in total. The van der Waals surface area contributed by atoms with Crippen LogP contribution in [0.5, 0.6) is 11.5 Å². The summed E-state index contributed by atoms with van der Waals surface area (Å²) in [5, 5.41) is 9.16. The van der Waals surface area contributed by atoms with Crippen LogP contribution in [0.25, 0.3) is 0 Å². The number of hydrogen-bond donors (Lipinski definition) is 1. The number of hydrogen-bond acceptors (Lipinski definition) is 5. The fourth-order valence-corrected chi connectivity index (χ4v) is 5.53. The Labute approximate surface area is 199 Å². The van der Waals surface area contributed by atoms with Gasteiger partial charge in [-0.3, -0.25) is 0 Å². The molecule has 0 radical (unpaired) electrons. The fraction of sp³-hybridized carbons (Fsp3) is 0.435. The average molecular weight is 517 g/mol. The van der Waals surface area contributed by atoms with Crippen LogP contribution in [0, 0.1) is 11.7 Å². The zero-order chi connectivity index (χ0) is 25.4. The van der Waals surface area contributed by atoms with E-state index in [1.54, 1.807) is 0 Å². The molecule has 0 bridgehead atoms. The van der Waals surface area contributed by atoms with E-state index in [4.69, 9.17) is 9.84 Å². The Kier molecular flexibility index (Phi) is 6.96. The van der Waals surface area contributed by atoms with Gasteiger partial charge in [0, 0.05) is 19.2 Å². The highest BCUT2D eigenvalue weighted by Crippen LogP contribution is 2.45. The molecule has 2 aromatic rings. The number of piperidine rings is 1. The molecule has 0 unspecified atom stereocenters. The second-order valence-electron chi connectivity index (χ2n) is 8.63. The van der Waals surface area contributed by atoms with E-state index < -0.39 is 39.5 Å². The molecule has 2 aromatic carbocycles. The smallest absolute Gasteiger partial charge is 0.493 e. The van der Waals surface area contributed by atoms with Gasteiger partial charge in [-0.25, -0.2) is 17.6 Å². The van der Waals surface area contributed by atoms with Crippen molar-refractivity contribution in [3.63, 3.8) is 0 Å². The Morgan fingerprint density at radius 3 is 2.23 bits per heavy atom. The highest BCUT2D eigenvalue weighted by Gasteiger charge is 2.33. The summed E-state index contributed by atoms with van der Waals surface area (Å²) < 4.78 is 87.7. The molecular weight excluding hydrogens is 494 g/mol. The first-order valence-electron chi connectivity index (χ1n) is 11.0. The Hall–Kier alpha value is -2.86. The van der Waals surface area contributed by atoms with Crippen molar-refractivity contribution in [3.05, 3.63) is 53.3 Å². The van der Waals surface area contributed by atoms with E-state index in [9.17, 15) is 30.8 Å². The summed E-state index contributed by atoms with van der Waals surface area (Å²) >= 11 is 0. The minimum absolute atomic E-state index is 0.00160. The number of carbonyl (C=O) groups is 1. The maximum Gasteiger partial charge on any atom is 0.573 e. The lowest BCUT2D eigenvalue weighted by Crippen LogP contribution is -2.39. The van der Waals surface area contributed by atoms with Crippen molar-refractivity contribution in [1.29, 1.82) is 0 Å². The summed E-state index contributed by atoms with van der Waals surface area (Å²) in [5.74, 6) is -2.27. The molecule has 0 spiro atoms. The molecule has 1 aliphatic carbocycles. The van der Waals surface area contributed by atoms with Gasteiger partial charge in [0.1, 0.15) is 17.3 Å². The number of carboxylic acids is 1. The lowest BCUT2D eigenvalue weighted by atomic mass is 9.99. The summed E-state index contributed by atoms with van der Waals surface area (Å²) in [6.07, 6.45) is -2.17. The van der Waals surface area contributed by atoms with Crippen molar-refractivity contribution >= 4 is 16.0 Å². The highest BCUT2D eigenvalue weighted by molar-refractivity contribution is 7.89. The van der Waals surface area contributed by atoms with Crippen LogP contribution in [0.2, 0.25) is 0 Å². The number of alkyl halides is 3. The molecule has 1 saturated heterocycles. The monoisotopic (exact) mass is 517 g/mol. The van der Waals surface area contributed by atoms with Gasteiger partial charge in [0.25, 0.3) is 0 Å². The average Bonchev–Trinajstić information content (AvgIpc) is 3.62. The van der Waals surface area contributed by atoms with Crippen LogP contribution >= 0.6 is 0 Å². The Bertz CT molecular complexity index is 1190. The fourth-order valence-electron chi connectivity index (χ4n) is 4.06. The van der Waals surface area contributed by atoms with E-state index in [0.717, 1.165) is 43.2 Å². The van der Waals surface area contributed by atoms with Crippen LogP contribution in [0.1, 0.15) is 47.5 Å². The van der Waals surface area contributed by atoms with E-state index in [1.807, 2.05) is 0 Å². The molecule has 190 valence electrons. The van der Waals surface area contributed by atoms with Gasteiger partial charge in [0.05, 0.1) is 17.1 Å². The SMILES string of the molecule is O=C(O)c1cc(C2CC2)c(OCC2CCN(S(=O)(=O)c3ccc(OC(F)(F)F)cc3)CC2)cc1F. The second kappa shape index (κ2) is 9.65. The third kappa shape index (κ3) is 6.04. The van der Waals surface area contributed by atoms with Crippen LogP contribution in [0.3, 0.4) is 0 Å². The predicted molar refractivity (Wildman–Crippen MR) is 115 cm³/mol. The van der Waals surface area contributed by atoms with Gasteiger partial charge >= 0.3 is 12.3 Å². The lowest BCUT2D eigenvalue weighted by Gasteiger charge is -2.31. The van der Waals surface area contributed by atoms with Crippen molar-refractivity contribution in [1.82, 2.24) is 4.31 Å². The number of ether oxygens (including phenoxy) is 2. The van der Waals surface area contributed by atoms with Crippen molar-refractivity contribution in [2.24, 2.45) is 5.92 Å². The number of aromatic carboxylic acids is 1. The molecule has 1 saturated carbocycles. The van der Waals surface area contributed by atoms with Crippen LogP contribution in [-0.4, -0.2) is 49.9 Å². The molecule has 1 N–H and O–H groups in total. The first kappa shape index (κ1) is 25.2. The minimum Gasteiger partial charge on any atom is -0.493 e. The molecular formula is C23H23F4NO6S. The summed E-state index contributed by atoms with van der Waals surface area (Å²) in [6, 6.07) is 6.47. The number of sulfonamides is 1. The van der Waals surface area contributed by atoms with Crippen molar-refractivity contribution in [2.75, 3.05) is 19.7 Å². The normalized spacial score (nSPS) is 17.8. The minimum atomic E-state index is -4.87. The first-order chi connectivity index (χ1) is 16.4. The van der Waals surface area contributed by atoms with Gasteiger partial charge in [0.15, 0.2) is 0 Å². The van der Waals surface area contributed by atoms with E-state index >= 15 is 0 Å². The van der Waals surface area contributed by atoms with E-state index in [-0.39, 0.29) is 36.4 Å². The molecule has 12 heteroatoms. The maximum atomic E-state index is 14.2. The Morgan fingerprint density at radius 2 is 1.69 bits per heavy atom. The number of benzene rings is 2. The van der Waals surface area contributed by atoms with Crippen molar-refractivity contribution in [2.45, 2.75) is 42.9 Å². The van der Waals surface area contributed by atoms with Crippen LogP contribution < -0.4 is 9.47 Å². The van der Waals surface area contributed by atoms with Gasteiger partial charge in [-0.15, -0.1) is 13.2 Å². The molecule has 1 heterocycles. The largest absolute Gasteiger partial charge is 0.573 e. The number of nitrogens with zero attached hydrogens (tertiary/aromatic N) is 1. The summed E-state index contributed by atoms with van der Waals surface area (Å²) in [5.41, 5.74) is 0.275. The number of halogens is 4. The predicted octanol–water partition coefficient (Wildman–Crippen LogP) is 4.78. The third-order valence-corrected chi connectivity index (χ3v) is 8.00. The van der Waals surface area contributed by atoms with E-state index in [2.05, 4.69) is 4.74 Å². The summed E-state index contributed by atoms with van der Waals surface area (Å²) in [4.78, 5) is 11.1. The van der Waals surface area contributed by atoms with Crippen LogP contribution in [0.4, 0.5) is 17.6 Å². The number of rotatable bonds is 8. The number of carboxylic acid groups (broad SMARTS) is 1. The molecule has 0 aromatic heterocycles. The maximum absolute atomic E-state index is 14.2. The zero-order valence-corrected chi connectivity index (χ0v) is 19.2. The van der Waals surface area contributed by atoms with Gasteiger partial charge < -0.3 is 14.6 Å². The molecule has 4 rings (SSSR count). The molecule has 0 amide bonds. The van der Waals surface area contributed by atoms with Gasteiger partial charge in [-0.05, 0) is 73.4 Å². The van der Waals surface area contributed by atoms with Gasteiger partial charge in [0.2, 0.25) is 10.0 Å². The van der Waals surface area contributed by atoms with Crippen LogP contribution in [-0.2, 0) is 10.0 Å². The summed E-state index contributed by atoms with van der Waals surface area (Å²) in [7, 11) is -3.89. The first-order valence-corrected chi connectivity index (χ1v) is 12.4. The summed E-state index contributed by atoms with van der Waals surface area (Å²) in [6.45, 7) is 0.612.